The van der Waals surface area contributed by atoms with Gasteiger partial charge in [0.05, 0.1) is 12.1 Å². The Hall–Kier alpha value is -0.200. The van der Waals surface area contributed by atoms with Crippen molar-refractivity contribution in [2.75, 3.05) is 6.54 Å². The molecule has 0 radical (unpaired) electrons. The number of aliphatic hydroxyl groups excluding tert-OH is 3. The normalized spacial score (nSPS) is 46.4. The molecular weight excluding hydrogens is 174 g/mol. The van der Waals surface area contributed by atoms with Crippen LogP contribution in [0.2, 0.25) is 0 Å². The van der Waals surface area contributed by atoms with Crippen molar-refractivity contribution in [3.8, 4) is 0 Å². The molecule has 1 heterocycles. The SMILES string of the molecule is CCN[C@@H]1[C@@H](O)[C@H](O)[C@@H](C)O[C@@H]1O. The van der Waals surface area contributed by atoms with E-state index < -0.39 is 30.6 Å². The van der Waals surface area contributed by atoms with Gasteiger partial charge in [0.25, 0.3) is 0 Å². The van der Waals surface area contributed by atoms with E-state index in [0.717, 1.165) is 0 Å². The average molecular weight is 191 g/mol. The molecule has 13 heavy (non-hydrogen) atoms. The van der Waals surface area contributed by atoms with Crippen molar-refractivity contribution in [2.24, 2.45) is 0 Å². The molecule has 1 fully saturated rings. The van der Waals surface area contributed by atoms with Gasteiger partial charge in [-0.2, -0.15) is 0 Å². The second kappa shape index (κ2) is 4.34. The van der Waals surface area contributed by atoms with Crippen LogP contribution in [0.1, 0.15) is 13.8 Å². The van der Waals surface area contributed by atoms with Crippen molar-refractivity contribution in [1.29, 1.82) is 0 Å². The molecule has 5 heteroatoms. The molecule has 0 spiro atoms. The number of rotatable bonds is 2. The van der Waals surface area contributed by atoms with E-state index in [0.29, 0.717) is 6.54 Å². The van der Waals surface area contributed by atoms with E-state index in [1.165, 1.54) is 0 Å². The quantitative estimate of drug-likeness (QED) is 0.423. The van der Waals surface area contributed by atoms with Gasteiger partial charge in [0.15, 0.2) is 6.29 Å². The molecule has 78 valence electrons. The summed E-state index contributed by atoms with van der Waals surface area (Å²) in [5.41, 5.74) is 0. The minimum Gasteiger partial charge on any atom is -0.388 e. The van der Waals surface area contributed by atoms with Gasteiger partial charge in [-0.05, 0) is 13.5 Å². The molecule has 0 aromatic rings. The maximum Gasteiger partial charge on any atom is 0.173 e. The van der Waals surface area contributed by atoms with Gasteiger partial charge in [-0.15, -0.1) is 0 Å². The minimum absolute atomic E-state index is 0.542. The first-order valence-corrected chi connectivity index (χ1v) is 4.51. The summed E-state index contributed by atoms with van der Waals surface area (Å²) in [5, 5.41) is 31.2. The van der Waals surface area contributed by atoms with Crippen molar-refractivity contribution in [1.82, 2.24) is 5.32 Å². The van der Waals surface area contributed by atoms with Gasteiger partial charge in [-0.3, -0.25) is 0 Å². The van der Waals surface area contributed by atoms with Gasteiger partial charge in [0, 0.05) is 0 Å². The summed E-state index contributed by atoms with van der Waals surface area (Å²) >= 11 is 0. The van der Waals surface area contributed by atoms with E-state index in [2.05, 4.69) is 5.32 Å². The lowest BCUT2D eigenvalue weighted by Gasteiger charge is -2.39. The van der Waals surface area contributed by atoms with Gasteiger partial charge >= 0.3 is 0 Å². The van der Waals surface area contributed by atoms with Crippen LogP contribution in [0.15, 0.2) is 0 Å². The molecule has 1 aliphatic heterocycles. The molecule has 5 nitrogen and oxygen atoms in total. The summed E-state index contributed by atoms with van der Waals surface area (Å²) in [6.45, 7) is 4.06. The molecule has 0 amide bonds. The maximum absolute atomic E-state index is 9.56. The Labute approximate surface area is 77.3 Å². The topological polar surface area (TPSA) is 82.0 Å². The second-order valence-electron chi connectivity index (χ2n) is 3.30. The third kappa shape index (κ3) is 2.18. The van der Waals surface area contributed by atoms with Crippen LogP contribution in [-0.4, -0.2) is 52.5 Å². The van der Waals surface area contributed by atoms with E-state index in [1.54, 1.807) is 6.92 Å². The van der Waals surface area contributed by atoms with Gasteiger partial charge in [-0.1, -0.05) is 6.92 Å². The first kappa shape index (κ1) is 10.9. The highest BCUT2D eigenvalue weighted by Crippen LogP contribution is 2.19. The lowest BCUT2D eigenvalue weighted by atomic mass is 9.98. The fraction of sp³-hybridized carbons (Fsp3) is 1.00. The molecule has 1 aliphatic rings. The van der Waals surface area contributed by atoms with Crippen molar-refractivity contribution in [3.05, 3.63) is 0 Å². The van der Waals surface area contributed by atoms with Crippen molar-refractivity contribution < 1.29 is 20.1 Å². The van der Waals surface area contributed by atoms with Gasteiger partial charge in [0.2, 0.25) is 0 Å². The smallest absolute Gasteiger partial charge is 0.173 e. The first-order valence-electron chi connectivity index (χ1n) is 4.51. The average Bonchev–Trinajstić information content (AvgIpc) is 2.09. The Morgan fingerprint density at radius 1 is 1.23 bits per heavy atom. The monoisotopic (exact) mass is 191 g/mol. The van der Waals surface area contributed by atoms with Crippen molar-refractivity contribution >= 4 is 0 Å². The zero-order valence-electron chi connectivity index (χ0n) is 7.84. The van der Waals surface area contributed by atoms with Crippen molar-refractivity contribution in [2.45, 2.75) is 44.5 Å². The van der Waals surface area contributed by atoms with Crippen LogP contribution in [0, 0.1) is 0 Å². The van der Waals surface area contributed by atoms with Crippen LogP contribution in [0.25, 0.3) is 0 Å². The lowest BCUT2D eigenvalue weighted by molar-refractivity contribution is -0.242. The van der Waals surface area contributed by atoms with Gasteiger partial charge in [0.1, 0.15) is 12.2 Å². The summed E-state index contributed by atoms with van der Waals surface area (Å²) in [4.78, 5) is 0. The predicted octanol–water partition coefficient (Wildman–Crippen LogP) is -1.58. The van der Waals surface area contributed by atoms with Crippen molar-refractivity contribution in [3.63, 3.8) is 0 Å². The highest BCUT2D eigenvalue weighted by molar-refractivity contribution is 4.90. The van der Waals surface area contributed by atoms with Crippen LogP contribution in [0.5, 0.6) is 0 Å². The van der Waals surface area contributed by atoms with Gasteiger partial charge in [-0.25, -0.2) is 0 Å². The molecule has 0 bridgehead atoms. The summed E-state index contributed by atoms with van der Waals surface area (Å²) < 4.78 is 5.02. The molecule has 5 atom stereocenters. The molecule has 1 rings (SSSR count). The maximum atomic E-state index is 9.56. The van der Waals surface area contributed by atoms with Crippen LogP contribution in [0.3, 0.4) is 0 Å². The third-order valence-electron chi connectivity index (χ3n) is 2.30. The van der Waals surface area contributed by atoms with Gasteiger partial charge < -0.3 is 25.4 Å². The number of aliphatic hydroxyl groups is 3. The Balaban J connectivity index is 2.61. The third-order valence-corrected chi connectivity index (χ3v) is 2.30. The standard InChI is InChI=1S/C8H17NO4/c1-3-9-5-7(11)6(10)4(2)13-8(5)12/h4-12H,3H2,1-2H3/t4-,5-,6-,7-,8+/m1/s1. The van der Waals surface area contributed by atoms with Crippen LogP contribution in [-0.2, 0) is 4.74 Å². The Morgan fingerprint density at radius 2 is 1.85 bits per heavy atom. The molecule has 4 N–H and O–H groups in total. The number of nitrogens with one attached hydrogen (secondary N) is 1. The van der Waals surface area contributed by atoms with E-state index >= 15 is 0 Å². The molecule has 0 saturated carbocycles. The summed E-state index contributed by atoms with van der Waals surface area (Å²) in [7, 11) is 0. The van der Waals surface area contributed by atoms with E-state index in [9.17, 15) is 15.3 Å². The Bertz CT molecular complexity index is 166. The zero-order chi connectivity index (χ0) is 10.0. The predicted molar refractivity (Wildman–Crippen MR) is 46.0 cm³/mol. The summed E-state index contributed by atoms with van der Waals surface area (Å²) in [6, 6.07) is -0.615. The van der Waals surface area contributed by atoms with E-state index in [1.807, 2.05) is 6.92 Å². The summed E-state index contributed by atoms with van der Waals surface area (Å²) in [5.74, 6) is 0. The molecule has 0 unspecified atom stereocenters. The highest BCUT2D eigenvalue weighted by atomic mass is 16.6. The summed E-state index contributed by atoms with van der Waals surface area (Å²) in [6.07, 6.45) is -3.54. The highest BCUT2D eigenvalue weighted by Gasteiger charge is 2.41. The number of hydrogen-bond acceptors (Lipinski definition) is 5. The minimum atomic E-state index is -1.06. The second-order valence-corrected chi connectivity index (χ2v) is 3.30. The van der Waals surface area contributed by atoms with Crippen LogP contribution in [0.4, 0.5) is 0 Å². The molecular formula is C8H17NO4. The molecule has 0 aliphatic carbocycles. The van der Waals surface area contributed by atoms with E-state index in [-0.39, 0.29) is 0 Å². The van der Waals surface area contributed by atoms with Crippen LogP contribution < -0.4 is 5.32 Å². The fourth-order valence-corrected chi connectivity index (χ4v) is 1.50. The molecule has 1 saturated heterocycles. The molecule has 0 aromatic heterocycles. The number of likely N-dealkylation sites (N-methyl/N-ethyl adjacent to an activating group) is 1. The number of hydrogen-bond donors (Lipinski definition) is 4. The Kier molecular flexibility index (Phi) is 3.63. The van der Waals surface area contributed by atoms with Crippen LogP contribution >= 0.6 is 0 Å². The largest absolute Gasteiger partial charge is 0.388 e. The zero-order valence-corrected chi connectivity index (χ0v) is 7.84. The number of ether oxygens (including phenoxy) is 1. The Morgan fingerprint density at radius 3 is 2.38 bits per heavy atom. The lowest BCUT2D eigenvalue weighted by Crippen LogP contribution is -2.61. The molecule has 0 aromatic carbocycles. The van der Waals surface area contributed by atoms with E-state index in [4.69, 9.17) is 4.74 Å². The fourth-order valence-electron chi connectivity index (χ4n) is 1.50. The first-order chi connectivity index (χ1) is 6.07.